The van der Waals surface area contributed by atoms with Gasteiger partial charge in [-0.3, -0.25) is 4.79 Å². The fourth-order valence-corrected chi connectivity index (χ4v) is 3.18. The molecule has 1 heterocycles. The maximum Gasteiger partial charge on any atom is 0.335 e. The highest BCUT2D eigenvalue weighted by molar-refractivity contribution is 8.18. The number of amidine groups is 1. The quantitative estimate of drug-likeness (QED) is 0.790. The molecule has 1 aliphatic rings. The predicted molar refractivity (Wildman–Crippen MR) is 100 cm³/mol. The van der Waals surface area contributed by atoms with Crippen molar-refractivity contribution in [3.8, 4) is 0 Å². The molecule has 0 saturated carbocycles. The summed E-state index contributed by atoms with van der Waals surface area (Å²) >= 11 is 7.31. The number of carboxylic acid groups (broad SMARTS) is 1. The van der Waals surface area contributed by atoms with Gasteiger partial charge in [0, 0.05) is 5.02 Å². The third-order valence-electron chi connectivity index (χ3n) is 3.57. The van der Waals surface area contributed by atoms with Gasteiger partial charge in [0.05, 0.1) is 16.2 Å². The van der Waals surface area contributed by atoms with Crippen molar-refractivity contribution in [3.63, 3.8) is 0 Å². The number of amides is 1. The predicted octanol–water partition coefficient (Wildman–Crippen LogP) is 4.24. The van der Waals surface area contributed by atoms with E-state index >= 15 is 0 Å². The molecule has 2 aromatic carbocycles. The summed E-state index contributed by atoms with van der Waals surface area (Å²) in [6, 6.07) is 11.7. The Morgan fingerprint density at radius 2 is 1.96 bits per heavy atom. The van der Waals surface area contributed by atoms with Gasteiger partial charge in [0.1, 0.15) is 0 Å². The van der Waals surface area contributed by atoms with Crippen LogP contribution in [0.15, 0.2) is 52.4 Å². The topological polar surface area (TPSA) is 78.8 Å². The van der Waals surface area contributed by atoms with Crippen molar-refractivity contribution in [2.75, 3.05) is 0 Å². The molecule has 0 bridgehead atoms. The molecule has 5 nitrogen and oxygen atoms in total. The van der Waals surface area contributed by atoms with Crippen molar-refractivity contribution in [3.05, 3.63) is 69.1 Å². The Labute approximate surface area is 153 Å². The second kappa shape index (κ2) is 7.13. The summed E-state index contributed by atoms with van der Waals surface area (Å²) in [6.07, 6.45) is 1.69. The van der Waals surface area contributed by atoms with Crippen molar-refractivity contribution in [2.24, 2.45) is 4.99 Å². The number of halogens is 1. The standard InChI is InChI=1S/C18H13ClN2O3S/c1-10-13(19)3-2-4-14(10)20-18-21-16(22)15(25-18)9-11-5-7-12(8-6-11)17(23)24/h2-9H,1H3,(H,23,24)(H,20,21,22)/b15-9-. The van der Waals surface area contributed by atoms with E-state index in [2.05, 4.69) is 10.3 Å². The first-order chi connectivity index (χ1) is 11.9. The van der Waals surface area contributed by atoms with Crippen molar-refractivity contribution in [2.45, 2.75) is 6.92 Å². The van der Waals surface area contributed by atoms with E-state index < -0.39 is 5.97 Å². The van der Waals surface area contributed by atoms with Crippen LogP contribution >= 0.6 is 23.4 Å². The summed E-state index contributed by atoms with van der Waals surface area (Å²) in [7, 11) is 0. The average Bonchev–Trinajstić information content (AvgIpc) is 2.92. The Hall–Kier alpha value is -2.57. The third kappa shape index (κ3) is 3.92. The van der Waals surface area contributed by atoms with Gasteiger partial charge in [-0.05, 0) is 60.2 Å². The number of carbonyl (C=O) groups is 2. The van der Waals surface area contributed by atoms with Crippen LogP contribution in [0.4, 0.5) is 5.69 Å². The van der Waals surface area contributed by atoms with E-state index in [4.69, 9.17) is 16.7 Å². The van der Waals surface area contributed by atoms with E-state index in [1.807, 2.05) is 13.0 Å². The molecule has 0 atom stereocenters. The van der Waals surface area contributed by atoms with Crippen LogP contribution in [0.1, 0.15) is 21.5 Å². The van der Waals surface area contributed by atoms with Crippen molar-refractivity contribution >= 4 is 52.2 Å². The number of benzene rings is 2. The molecule has 3 rings (SSSR count). The summed E-state index contributed by atoms with van der Waals surface area (Å²) in [6.45, 7) is 1.87. The molecule has 1 amide bonds. The maximum absolute atomic E-state index is 12.1. The number of aromatic carboxylic acids is 1. The van der Waals surface area contributed by atoms with E-state index in [-0.39, 0.29) is 11.5 Å². The van der Waals surface area contributed by atoms with Gasteiger partial charge < -0.3 is 10.4 Å². The molecule has 0 aromatic heterocycles. The van der Waals surface area contributed by atoms with Crippen LogP contribution in [-0.2, 0) is 4.79 Å². The van der Waals surface area contributed by atoms with Crippen molar-refractivity contribution < 1.29 is 14.7 Å². The Balaban J connectivity index is 1.83. The highest BCUT2D eigenvalue weighted by atomic mass is 35.5. The summed E-state index contributed by atoms with van der Waals surface area (Å²) < 4.78 is 0. The third-order valence-corrected chi connectivity index (χ3v) is 4.89. The number of nitrogens with one attached hydrogen (secondary N) is 1. The molecule has 25 heavy (non-hydrogen) atoms. The molecular formula is C18H13ClN2O3S. The molecule has 7 heteroatoms. The minimum absolute atomic E-state index is 0.198. The minimum Gasteiger partial charge on any atom is -0.478 e. The number of rotatable bonds is 3. The van der Waals surface area contributed by atoms with Gasteiger partial charge in [0.2, 0.25) is 0 Å². The summed E-state index contributed by atoms with van der Waals surface area (Å²) in [4.78, 5) is 27.9. The maximum atomic E-state index is 12.1. The van der Waals surface area contributed by atoms with Crippen LogP contribution in [0, 0.1) is 6.92 Å². The number of aliphatic imine (C=N–C) groups is 1. The van der Waals surface area contributed by atoms with Gasteiger partial charge >= 0.3 is 5.97 Å². The van der Waals surface area contributed by atoms with Crippen LogP contribution in [0.25, 0.3) is 6.08 Å². The van der Waals surface area contributed by atoms with Crippen LogP contribution in [0.3, 0.4) is 0 Å². The first-order valence-corrected chi connectivity index (χ1v) is 8.51. The average molecular weight is 373 g/mol. The van der Waals surface area contributed by atoms with Gasteiger partial charge in [0.15, 0.2) is 5.17 Å². The zero-order chi connectivity index (χ0) is 18.0. The van der Waals surface area contributed by atoms with Gasteiger partial charge in [-0.15, -0.1) is 0 Å². The second-order valence-corrected chi connectivity index (χ2v) is 6.73. The number of carboxylic acids is 1. The number of carbonyl (C=O) groups excluding carboxylic acids is 1. The SMILES string of the molecule is Cc1c(Cl)cccc1N=C1NC(=O)/C(=C/c2ccc(C(=O)O)cc2)S1. The smallest absolute Gasteiger partial charge is 0.335 e. The number of nitrogens with zero attached hydrogens (tertiary/aromatic N) is 1. The number of hydrogen-bond acceptors (Lipinski definition) is 4. The first kappa shape index (κ1) is 17.3. The zero-order valence-electron chi connectivity index (χ0n) is 13.1. The van der Waals surface area contributed by atoms with E-state index in [9.17, 15) is 9.59 Å². The van der Waals surface area contributed by atoms with E-state index in [1.54, 1.807) is 30.3 Å². The highest BCUT2D eigenvalue weighted by Gasteiger charge is 2.24. The highest BCUT2D eigenvalue weighted by Crippen LogP contribution is 2.31. The Morgan fingerprint density at radius 1 is 1.24 bits per heavy atom. The molecule has 2 N–H and O–H groups in total. The second-order valence-electron chi connectivity index (χ2n) is 5.29. The van der Waals surface area contributed by atoms with E-state index in [0.717, 1.165) is 11.1 Å². The fourth-order valence-electron chi connectivity index (χ4n) is 2.18. The normalized spacial score (nSPS) is 17.1. The van der Waals surface area contributed by atoms with Gasteiger partial charge in [0.25, 0.3) is 5.91 Å². The van der Waals surface area contributed by atoms with E-state index in [0.29, 0.717) is 20.8 Å². The molecule has 1 fully saturated rings. The number of thioether (sulfide) groups is 1. The van der Waals surface area contributed by atoms with Crippen LogP contribution in [0.5, 0.6) is 0 Å². The first-order valence-electron chi connectivity index (χ1n) is 7.32. The molecule has 0 unspecified atom stereocenters. The fraction of sp³-hybridized carbons (Fsp3) is 0.0556. The molecular weight excluding hydrogens is 360 g/mol. The number of hydrogen-bond donors (Lipinski definition) is 2. The zero-order valence-corrected chi connectivity index (χ0v) is 14.7. The van der Waals surface area contributed by atoms with Crippen molar-refractivity contribution in [1.29, 1.82) is 0 Å². The van der Waals surface area contributed by atoms with Crippen molar-refractivity contribution in [1.82, 2.24) is 5.32 Å². The largest absolute Gasteiger partial charge is 0.478 e. The lowest BCUT2D eigenvalue weighted by Gasteiger charge is -2.02. The molecule has 0 radical (unpaired) electrons. The van der Waals surface area contributed by atoms with Gasteiger partial charge in [-0.2, -0.15) is 0 Å². The molecule has 0 spiro atoms. The van der Waals surface area contributed by atoms with Crippen LogP contribution in [0.2, 0.25) is 5.02 Å². The van der Waals surface area contributed by atoms with Gasteiger partial charge in [-0.25, -0.2) is 9.79 Å². The summed E-state index contributed by atoms with van der Waals surface area (Å²) in [5.41, 5.74) is 2.47. The minimum atomic E-state index is -0.988. The lowest BCUT2D eigenvalue weighted by molar-refractivity contribution is -0.115. The molecule has 0 aliphatic carbocycles. The Bertz CT molecular complexity index is 920. The summed E-state index contributed by atoms with van der Waals surface area (Å²) in [5.74, 6) is -1.23. The van der Waals surface area contributed by atoms with Crippen LogP contribution < -0.4 is 5.32 Å². The van der Waals surface area contributed by atoms with Crippen LogP contribution in [-0.4, -0.2) is 22.2 Å². The Morgan fingerprint density at radius 3 is 2.64 bits per heavy atom. The molecule has 126 valence electrons. The lowest BCUT2D eigenvalue weighted by atomic mass is 10.1. The monoisotopic (exact) mass is 372 g/mol. The Kier molecular flexibility index (Phi) is 4.92. The lowest BCUT2D eigenvalue weighted by Crippen LogP contribution is -2.19. The molecule has 1 aliphatic heterocycles. The molecule has 2 aromatic rings. The van der Waals surface area contributed by atoms with E-state index in [1.165, 1.54) is 23.9 Å². The van der Waals surface area contributed by atoms with Gasteiger partial charge in [-0.1, -0.05) is 29.8 Å². The molecule has 1 saturated heterocycles. The summed E-state index contributed by atoms with van der Waals surface area (Å²) in [5, 5.41) is 12.7.